The van der Waals surface area contributed by atoms with Gasteiger partial charge in [-0.15, -0.1) is 0 Å². The van der Waals surface area contributed by atoms with E-state index in [0.717, 1.165) is 36.4 Å². The summed E-state index contributed by atoms with van der Waals surface area (Å²) in [5.41, 5.74) is -2.97. The maximum absolute atomic E-state index is 13.3. The first-order valence-electron chi connectivity index (χ1n) is 14.5. The Kier molecular flexibility index (Phi) is 12.3. The van der Waals surface area contributed by atoms with Crippen molar-refractivity contribution < 1.29 is 90.3 Å². The fourth-order valence-corrected chi connectivity index (χ4v) is 5.13. The first kappa shape index (κ1) is 38.4. The molecule has 0 spiro atoms. The molecule has 0 bridgehead atoms. The Morgan fingerprint density at radius 2 is 0.918 bits per heavy atom. The minimum Gasteiger partial charge on any atom is -0.463 e. The minimum absolute atomic E-state index is 0.405. The molecule has 13 nitrogen and oxygen atoms in total. The molecule has 2 aliphatic rings. The van der Waals surface area contributed by atoms with E-state index < -0.39 is 134 Å². The van der Waals surface area contributed by atoms with Gasteiger partial charge in [-0.2, -0.15) is 26.3 Å². The Labute approximate surface area is 273 Å². The minimum atomic E-state index is -4.76. The van der Waals surface area contributed by atoms with Crippen LogP contribution in [0.15, 0.2) is 48.5 Å². The van der Waals surface area contributed by atoms with Gasteiger partial charge in [0.1, 0.15) is 62.0 Å². The lowest BCUT2D eigenvalue weighted by Gasteiger charge is -2.44. The molecule has 2 aromatic carbocycles. The van der Waals surface area contributed by atoms with Gasteiger partial charge in [0.25, 0.3) is 0 Å². The lowest BCUT2D eigenvalue weighted by atomic mass is 9.98. The molecule has 2 fully saturated rings. The molecule has 4 rings (SSSR count). The van der Waals surface area contributed by atoms with Gasteiger partial charge in [-0.05, 0) is 23.3 Å². The summed E-state index contributed by atoms with van der Waals surface area (Å²) in [5, 5.41) is 62.2. The van der Waals surface area contributed by atoms with Gasteiger partial charge in [0.05, 0.1) is 24.0 Å². The summed E-state index contributed by atoms with van der Waals surface area (Å²) in [6, 6.07) is 8.44. The summed E-state index contributed by atoms with van der Waals surface area (Å²) in [6.07, 6.45) is -30.5. The van der Waals surface area contributed by atoms with Crippen LogP contribution in [0.2, 0.25) is 0 Å². The standard InChI is InChI=1S/C30H32F6O13/c31-29(32,33)15-7-3-1-5-13(15)9-19(37)45-11-17-21(39)23(41)25(43)27(47-17)49-28-26(44)24(42)22(40)18(48-28)12-46-20(38)10-14-6-2-4-8-16(14)30(34,35)36/h1-8,17-18,21-28,39-44H,9-12H2/t17-,18-,21-,22-,23+,24+,25-,26-,27-,28-/m1/s1. The average Bonchev–Trinajstić information content (AvgIpc) is 3.03. The second-order valence-electron chi connectivity index (χ2n) is 11.2. The third kappa shape index (κ3) is 9.44. The van der Waals surface area contributed by atoms with Gasteiger partial charge in [0.15, 0.2) is 12.6 Å². The van der Waals surface area contributed by atoms with E-state index in [4.69, 9.17) is 23.7 Å². The third-order valence-electron chi connectivity index (χ3n) is 7.74. The van der Waals surface area contributed by atoms with Crippen molar-refractivity contribution >= 4 is 11.9 Å². The summed E-state index contributed by atoms with van der Waals surface area (Å²) >= 11 is 0. The van der Waals surface area contributed by atoms with Crippen LogP contribution in [-0.4, -0.2) is 117 Å². The van der Waals surface area contributed by atoms with E-state index in [-0.39, 0.29) is 0 Å². The van der Waals surface area contributed by atoms with Crippen LogP contribution in [0.5, 0.6) is 0 Å². The van der Waals surface area contributed by atoms with E-state index >= 15 is 0 Å². The van der Waals surface area contributed by atoms with Crippen LogP contribution in [0.25, 0.3) is 0 Å². The number of hydrogen-bond donors (Lipinski definition) is 6. The smallest absolute Gasteiger partial charge is 0.416 e. The van der Waals surface area contributed by atoms with Crippen molar-refractivity contribution in [1.29, 1.82) is 0 Å². The Bertz CT molecular complexity index is 1330. The maximum Gasteiger partial charge on any atom is 0.416 e. The first-order valence-corrected chi connectivity index (χ1v) is 14.5. The molecule has 0 amide bonds. The van der Waals surface area contributed by atoms with Gasteiger partial charge in [-0.3, -0.25) is 9.59 Å². The summed E-state index contributed by atoms with van der Waals surface area (Å²) < 4.78 is 106. The number of carbonyl (C=O) groups is 2. The quantitative estimate of drug-likeness (QED) is 0.144. The fraction of sp³-hybridized carbons (Fsp3) is 0.533. The molecule has 6 N–H and O–H groups in total. The van der Waals surface area contributed by atoms with Crippen molar-refractivity contribution in [3.05, 3.63) is 70.8 Å². The molecular formula is C30H32F6O13. The van der Waals surface area contributed by atoms with Crippen LogP contribution in [0, 0.1) is 0 Å². The number of carbonyl (C=O) groups excluding carboxylic acids is 2. The molecule has 2 aromatic rings. The van der Waals surface area contributed by atoms with E-state index in [9.17, 15) is 66.6 Å². The SMILES string of the molecule is O=C(Cc1ccccc1C(F)(F)F)OC[C@H]1O[C@H](O[C@H]2O[C@H](COC(=O)Cc3ccccc3C(F)(F)F)[C@@H](O)[C@H](O)[C@H]2O)[C@H](O)[C@@H](O)[C@@H]1O. The predicted octanol–water partition coefficient (Wildman–Crippen LogP) is 0.228. The number of benzene rings is 2. The zero-order chi connectivity index (χ0) is 36.3. The van der Waals surface area contributed by atoms with Crippen molar-refractivity contribution in [1.82, 2.24) is 0 Å². The largest absolute Gasteiger partial charge is 0.463 e. The van der Waals surface area contributed by atoms with Gasteiger partial charge in [0.2, 0.25) is 0 Å². The summed E-state index contributed by atoms with van der Waals surface area (Å²) in [4.78, 5) is 24.7. The van der Waals surface area contributed by atoms with Gasteiger partial charge in [0, 0.05) is 0 Å². The van der Waals surface area contributed by atoms with E-state index in [1.807, 2.05) is 0 Å². The van der Waals surface area contributed by atoms with Crippen LogP contribution >= 0.6 is 0 Å². The average molecular weight is 715 g/mol. The zero-order valence-electron chi connectivity index (χ0n) is 25.0. The number of halogens is 6. The Hall–Kier alpha value is -3.40. The number of esters is 2. The molecule has 10 atom stereocenters. The van der Waals surface area contributed by atoms with E-state index in [1.54, 1.807) is 0 Å². The summed E-state index contributed by atoms with van der Waals surface area (Å²) in [7, 11) is 0. The Morgan fingerprint density at radius 1 is 0.571 bits per heavy atom. The van der Waals surface area contributed by atoms with Crippen LogP contribution in [-0.2, 0) is 58.5 Å². The van der Waals surface area contributed by atoms with Crippen LogP contribution in [0.4, 0.5) is 26.3 Å². The Morgan fingerprint density at radius 3 is 1.27 bits per heavy atom. The first-order chi connectivity index (χ1) is 22.9. The number of aliphatic hydroxyl groups excluding tert-OH is 6. The predicted molar refractivity (Wildman–Crippen MR) is 147 cm³/mol. The number of ether oxygens (including phenoxy) is 5. The van der Waals surface area contributed by atoms with Crippen molar-refractivity contribution in [2.45, 2.75) is 86.6 Å². The van der Waals surface area contributed by atoms with Crippen molar-refractivity contribution in [2.75, 3.05) is 13.2 Å². The molecule has 19 heteroatoms. The number of alkyl halides is 6. The topological polar surface area (TPSA) is 202 Å². The van der Waals surface area contributed by atoms with Crippen molar-refractivity contribution in [3.63, 3.8) is 0 Å². The summed E-state index contributed by atoms with van der Waals surface area (Å²) in [5.74, 6) is -2.35. The normalized spacial score (nSPS) is 30.9. The molecule has 0 radical (unpaired) electrons. The lowest BCUT2D eigenvalue weighted by Crippen LogP contribution is -2.64. The van der Waals surface area contributed by atoms with Crippen molar-refractivity contribution in [3.8, 4) is 0 Å². The molecule has 2 aliphatic heterocycles. The molecule has 0 aromatic heterocycles. The molecule has 2 saturated heterocycles. The molecule has 2 heterocycles. The van der Waals surface area contributed by atoms with Crippen LogP contribution in [0.1, 0.15) is 22.3 Å². The maximum atomic E-state index is 13.3. The highest BCUT2D eigenvalue weighted by Crippen LogP contribution is 2.34. The number of rotatable bonds is 10. The molecule has 0 aliphatic carbocycles. The molecule has 0 saturated carbocycles. The van der Waals surface area contributed by atoms with Gasteiger partial charge in [-0.25, -0.2) is 0 Å². The van der Waals surface area contributed by atoms with Gasteiger partial charge < -0.3 is 54.3 Å². The highest BCUT2D eigenvalue weighted by atomic mass is 19.4. The van der Waals surface area contributed by atoms with E-state index in [0.29, 0.717) is 0 Å². The third-order valence-corrected chi connectivity index (χ3v) is 7.74. The van der Waals surface area contributed by atoms with Crippen molar-refractivity contribution in [2.24, 2.45) is 0 Å². The van der Waals surface area contributed by atoms with Crippen LogP contribution in [0.3, 0.4) is 0 Å². The fourth-order valence-electron chi connectivity index (χ4n) is 5.13. The molecule has 272 valence electrons. The summed E-state index contributed by atoms with van der Waals surface area (Å²) in [6.45, 7) is -1.72. The highest BCUT2D eigenvalue weighted by molar-refractivity contribution is 5.73. The molecule has 49 heavy (non-hydrogen) atoms. The number of aliphatic hydroxyl groups is 6. The van der Waals surface area contributed by atoms with Gasteiger partial charge >= 0.3 is 24.3 Å². The second-order valence-corrected chi connectivity index (χ2v) is 11.2. The van der Waals surface area contributed by atoms with Crippen LogP contribution < -0.4 is 0 Å². The Balaban J connectivity index is 1.36. The zero-order valence-corrected chi connectivity index (χ0v) is 25.0. The monoisotopic (exact) mass is 714 g/mol. The van der Waals surface area contributed by atoms with Gasteiger partial charge in [-0.1, -0.05) is 36.4 Å². The van der Waals surface area contributed by atoms with E-state index in [1.165, 1.54) is 12.1 Å². The molecular weight excluding hydrogens is 682 g/mol. The second kappa shape index (κ2) is 15.7. The lowest BCUT2D eigenvalue weighted by molar-refractivity contribution is -0.376. The van der Waals surface area contributed by atoms with E-state index in [2.05, 4.69) is 0 Å². The number of hydrogen-bond acceptors (Lipinski definition) is 13. The highest BCUT2D eigenvalue weighted by Gasteiger charge is 2.50. The molecule has 0 unspecified atom stereocenters.